The van der Waals surface area contributed by atoms with Crippen molar-refractivity contribution in [3.8, 4) is 0 Å². The highest BCUT2D eigenvalue weighted by molar-refractivity contribution is 7.09. The predicted molar refractivity (Wildman–Crippen MR) is 61.9 cm³/mol. The number of hydrogen-bond donors (Lipinski definition) is 1. The molecule has 0 amide bonds. The van der Waals surface area contributed by atoms with Gasteiger partial charge in [-0.1, -0.05) is 6.92 Å². The minimum absolute atomic E-state index is 0.680. The first-order chi connectivity index (χ1) is 7.38. The molecule has 1 saturated carbocycles. The van der Waals surface area contributed by atoms with E-state index in [-0.39, 0.29) is 0 Å². The van der Waals surface area contributed by atoms with Crippen molar-refractivity contribution in [2.45, 2.75) is 32.9 Å². The molecule has 2 rings (SSSR count). The summed E-state index contributed by atoms with van der Waals surface area (Å²) in [7, 11) is 0. The molecule has 3 nitrogen and oxygen atoms in total. The second kappa shape index (κ2) is 5.58. The van der Waals surface area contributed by atoms with Gasteiger partial charge in [0, 0.05) is 18.5 Å². The van der Waals surface area contributed by atoms with Crippen LogP contribution in [0.3, 0.4) is 0 Å². The SMILES string of the molecule is CCNCc1nc(COCC2CC2)cs1. The molecule has 4 heteroatoms. The molecule has 0 aromatic carbocycles. The van der Waals surface area contributed by atoms with E-state index in [1.165, 1.54) is 12.8 Å². The Morgan fingerprint density at radius 1 is 1.60 bits per heavy atom. The second-order valence-corrected chi connectivity index (χ2v) is 4.91. The number of nitrogens with one attached hydrogen (secondary N) is 1. The standard InChI is InChI=1S/C11H18N2OS/c1-2-12-5-11-13-10(8-15-11)7-14-6-9-3-4-9/h8-9,12H,2-7H2,1H3. The van der Waals surface area contributed by atoms with Gasteiger partial charge in [0.1, 0.15) is 5.01 Å². The van der Waals surface area contributed by atoms with Gasteiger partial charge in [-0.05, 0) is 25.3 Å². The minimum atomic E-state index is 0.680. The summed E-state index contributed by atoms with van der Waals surface area (Å²) < 4.78 is 5.59. The molecule has 84 valence electrons. The average molecular weight is 226 g/mol. The highest BCUT2D eigenvalue weighted by Crippen LogP contribution is 2.29. The lowest BCUT2D eigenvalue weighted by atomic mass is 10.4. The number of rotatable bonds is 7. The zero-order valence-corrected chi connectivity index (χ0v) is 9.98. The van der Waals surface area contributed by atoms with Crippen LogP contribution in [0.25, 0.3) is 0 Å². The van der Waals surface area contributed by atoms with Crippen LogP contribution in [-0.4, -0.2) is 18.1 Å². The summed E-state index contributed by atoms with van der Waals surface area (Å²) in [5, 5.41) is 6.52. The molecule has 0 radical (unpaired) electrons. The number of nitrogens with zero attached hydrogens (tertiary/aromatic N) is 1. The third-order valence-corrected chi connectivity index (χ3v) is 3.32. The molecular formula is C11H18N2OS. The lowest BCUT2D eigenvalue weighted by molar-refractivity contribution is 0.109. The topological polar surface area (TPSA) is 34.2 Å². The van der Waals surface area contributed by atoms with Crippen molar-refractivity contribution < 1.29 is 4.74 Å². The fourth-order valence-electron chi connectivity index (χ4n) is 1.34. The molecule has 1 aromatic rings. The highest BCUT2D eigenvalue weighted by atomic mass is 32.1. The van der Waals surface area contributed by atoms with Gasteiger partial charge in [-0.2, -0.15) is 0 Å². The Balaban J connectivity index is 1.68. The van der Waals surface area contributed by atoms with E-state index in [0.717, 1.165) is 36.3 Å². The van der Waals surface area contributed by atoms with Gasteiger partial charge in [0.25, 0.3) is 0 Å². The van der Waals surface area contributed by atoms with E-state index in [9.17, 15) is 0 Å². The van der Waals surface area contributed by atoms with Crippen molar-refractivity contribution in [3.05, 3.63) is 16.1 Å². The van der Waals surface area contributed by atoms with Gasteiger partial charge in [-0.25, -0.2) is 4.98 Å². The van der Waals surface area contributed by atoms with E-state index in [0.29, 0.717) is 6.61 Å². The van der Waals surface area contributed by atoms with Gasteiger partial charge >= 0.3 is 0 Å². The maximum Gasteiger partial charge on any atom is 0.107 e. The van der Waals surface area contributed by atoms with Crippen LogP contribution >= 0.6 is 11.3 Å². The Bertz CT molecular complexity index is 297. The van der Waals surface area contributed by atoms with Crippen LogP contribution in [0, 0.1) is 5.92 Å². The van der Waals surface area contributed by atoms with Crippen LogP contribution in [-0.2, 0) is 17.9 Å². The van der Waals surface area contributed by atoms with Gasteiger partial charge in [-0.3, -0.25) is 0 Å². The Kier molecular flexibility index (Phi) is 4.11. The van der Waals surface area contributed by atoms with Gasteiger partial charge in [0.15, 0.2) is 0 Å². The number of hydrogen-bond acceptors (Lipinski definition) is 4. The number of thiazole rings is 1. The fourth-order valence-corrected chi connectivity index (χ4v) is 2.09. The zero-order chi connectivity index (χ0) is 10.5. The largest absolute Gasteiger partial charge is 0.375 e. The van der Waals surface area contributed by atoms with Crippen molar-refractivity contribution in [2.24, 2.45) is 5.92 Å². The van der Waals surface area contributed by atoms with Crippen molar-refractivity contribution in [2.75, 3.05) is 13.2 Å². The van der Waals surface area contributed by atoms with E-state index in [1.807, 2.05) is 0 Å². The van der Waals surface area contributed by atoms with Crippen LogP contribution in [0.2, 0.25) is 0 Å². The number of ether oxygens (including phenoxy) is 1. The smallest absolute Gasteiger partial charge is 0.107 e. The molecule has 1 N–H and O–H groups in total. The molecule has 1 heterocycles. The molecule has 0 spiro atoms. The van der Waals surface area contributed by atoms with Gasteiger partial charge in [-0.15, -0.1) is 11.3 Å². The Labute approximate surface area is 94.9 Å². The maximum atomic E-state index is 5.59. The third-order valence-electron chi connectivity index (χ3n) is 2.43. The molecule has 0 atom stereocenters. The van der Waals surface area contributed by atoms with Crippen molar-refractivity contribution in [1.29, 1.82) is 0 Å². The van der Waals surface area contributed by atoms with Gasteiger partial charge < -0.3 is 10.1 Å². The molecule has 1 aliphatic carbocycles. The zero-order valence-electron chi connectivity index (χ0n) is 9.16. The lowest BCUT2D eigenvalue weighted by Crippen LogP contribution is -2.11. The molecule has 0 unspecified atom stereocenters. The monoisotopic (exact) mass is 226 g/mol. The first-order valence-electron chi connectivity index (χ1n) is 5.60. The molecule has 1 aromatic heterocycles. The van der Waals surface area contributed by atoms with E-state index < -0.39 is 0 Å². The number of aromatic nitrogens is 1. The summed E-state index contributed by atoms with van der Waals surface area (Å²) in [6, 6.07) is 0. The van der Waals surface area contributed by atoms with Crippen molar-refractivity contribution in [3.63, 3.8) is 0 Å². The minimum Gasteiger partial charge on any atom is -0.375 e. The van der Waals surface area contributed by atoms with Crippen LogP contribution in [0.15, 0.2) is 5.38 Å². The van der Waals surface area contributed by atoms with E-state index >= 15 is 0 Å². The highest BCUT2D eigenvalue weighted by Gasteiger charge is 2.21. The average Bonchev–Trinajstić information content (AvgIpc) is 2.95. The molecule has 0 bridgehead atoms. The quantitative estimate of drug-likeness (QED) is 0.774. The van der Waals surface area contributed by atoms with E-state index in [2.05, 4.69) is 22.6 Å². The summed E-state index contributed by atoms with van der Waals surface area (Å²) in [5.74, 6) is 0.838. The van der Waals surface area contributed by atoms with Crippen LogP contribution < -0.4 is 5.32 Å². The summed E-state index contributed by atoms with van der Waals surface area (Å²) in [6.45, 7) is 5.57. The van der Waals surface area contributed by atoms with Crippen LogP contribution in [0.5, 0.6) is 0 Å². The molecule has 15 heavy (non-hydrogen) atoms. The molecule has 0 aliphatic heterocycles. The third kappa shape index (κ3) is 3.89. The Morgan fingerprint density at radius 2 is 2.47 bits per heavy atom. The van der Waals surface area contributed by atoms with Crippen molar-refractivity contribution in [1.82, 2.24) is 10.3 Å². The lowest BCUT2D eigenvalue weighted by Gasteiger charge is -1.99. The van der Waals surface area contributed by atoms with Crippen molar-refractivity contribution >= 4 is 11.3 Å². The maximum absolute atomic E-state index is 5.59. The summed E-state index contributed by atoms with van der Waals surface area (Å²) in [4.78, 5) is 4.50. The summed E-state index contributed by atoms with van der Waals surface area (Å²) >= 11 is 1.71. The molecule has 1 fully saturated rings. The van der Waals surface area contributed by atoms with Crippen LogP contribution in [0.1, 0.15) is 30.5 Å². The van der Waals surface area contributed by atoms with Crippen LogP contribution in [0.4, 0.5) is 0 Å². The Hall–Kier alpha value is -0.450. The summed E-state index contributed by atoms with van der Waals surface area (Å²) in [6.07, 6.45) is 2.70. The van der Waals surface area contributed by atoms with E-state index in [1.54, 1.807) is 11.3 Å². The fraction of sp³-hybridized carbons (Fsp3) is 0.727. The molecule has 1 aliphatic rings. The normalized spacial score (nSPS) is 15.8. The molecule has 0 saturated heterocycles. The predicted octanol–water partition coefficient (Wildman–Crippen LogP) is 2.18. The Morgan fingerprint density at radius 3 is 3.20 bits per heavy atom. The molecular weight excluding hydrogens is 208 g/mol. The van der Waals surface area contributed by atoms with Gasteiger partial charge in [0.05, 0.1) is 12.3 Å². The second-order valence-electron chi connectivity index (χ2n) is 3.97. The first kappa shape index (κ1) is 11.0. The van der Waals surface area contributed by atoms with E-state index in [4.69, 9.17) is 4.74 Å². The summed E-state index contributed by atoms with van der Waals surface area (Å²) in [5.41, 5.74) is 1.08. The van der Waals surface area contributed by atoms with Gasteiger partial charge in [0.2, 0.25) is 0 Å². The first-order valence-corrected chi connectivity index (χ1v) is 6.48.